The number of carbonyl (C=O) groups excluding carboxylic acids is 1. The molecule has 0 bridgehead atoms. The van der Waals surface area contributed by atoms with Gasteiger partial charge >= 0.3 is 0 Å². The highest BCUT2D eigenvalue weighted by molar-refractivity contribution is 7.99. The third kappa shape index (κ3) is 5.79. The highest BCUT2D eigenvalue weighted by Gasteiger charge is 2.22. The topological polar surface area (TPSA) is 97.2 Å². The molecular formula is C19H19F2N5O3S2. The normalized spacial score (nSPS) is 11.4. The van der Waals surface area contributed by atoms with Gasteiger partial charge in [0.05, 0.1) is 29.9 Å². The largest absolute Gasteiger partial charge is 0.323 e. The molecule has 0 aliphatic carbocycles. The minimum Gasteiger partial charge on any atom is -0.323 e. The number of anilines is 2. The molecule has 0 unspecified atom stereocenters. The molecule has 0 fully saturated rings. The summed E-state index contributed by atoms with van der Waals surface area (Å²) in [4.78, 5) is 12.1. The zero-order valence-electron chi connectivity index (χ0n) is 16.6. The lowest BCUT2D eigenvalue weighted by Crippen LogP contribution is -2.30. The summed E-state index contributed by atoms with van der Waals surface area (Å²) in [5, 5.41) is 10.9. The van der Waals surface area contributed by atoms with Crippen molar-refractivity contribution in [2.75, 3.05) is 21.6 Å². The van der Waals surface area contributed by atoms with Crippen LogP contribution in [0.5, 0.6) is 0 Å². The van der Waals surface area contributed by atoms with E-state index in [2.05, 4.69) is 15.5 Å². The Bertz CT molecular complexity index is 1180. The Morgan fingerprint density at radius 3 is 2.45 bits per heavy atom. The van der Waals surface area contributed by atoms with E-state index < -0.39 is 27.6 Å². The monoisotopic (exact) mass is 467 g/mol. The third-order valence-electron chi connectivity index (χ3n) is 4.21. The van der Waals surface area contributed by atoms with Gasteiger partial charge in [0, 0.05) is 7.05 Å². The van der Waals surface area contributed by atoms with E-state index in [1.54, 1.807) is 17.7 Å². The molecule has 0 aliphatic heterocycles. The predicted molar refractivity (Wildman–Crippen MR) is 114 cm³/mol. The van der Waals surface area contributed by atoms with Crippen LogP contribution in [0.3, 0.4) is 0 Å². The number of aromatic nitrogens is 3. The van der Waals surface area contributed by atoms with Crippen LogP contribution in [0.1, 0.15) is 5.82 Å². The summed E-state index contributed by atoms with van der Waals surface area (Å²) >= 11 is 1.07. The number of thioether (sulfide) groups is 1. The van der Waals surface area contributed by atoms with Crippen molar-refractivity contribution < 1.29 is 22.0 Å². The Balaban J connectivity index is 1.69. The van der Waals surface area contributed by atoms with Crippen LogP contribution in [-0.4, -0.2) is 41.1 Å². The Labute approximate surface area is 182 Å². The Hall–Kier alpha value is -2.99. The molecule has 1 heterocycles. The molecule has 0 atom stereocenters. The highest BCUT2D eigenvalue weighted by Crippen LogP contribution is 2.22. The van der Waals surface area contributed by atoms with Crippen molar-refractivity contribution in [1.29, 1.82) is 0 Å². The van der Waals surface area contributed by atoms with E-state index in [1.807, 2.05) is 0 Å². The fraction of sp³-hybridized carbons (Fsp3) is 0.211. The smallest absolute Gasteiger partial charge is 0.234 e. The van der Waals surface area contributed by atoms with Crippen molar-refractivity contribution in [3.8, 4) is 0 Å². The van der Waals surface area contributed by atoms with Crippen LogP contribution in [0.25, 0.3) is 0 Å². The lowest BCUT2D eigenvalue weighted by atomic mass is 10.3. The van der Waals surface area contributed by atoms with Crippen LogP contribution in [0, 0.1) is 11.6 Å². The van der Waals surface area contributed by atoms with Gasteiger partial charge in [-0.1, -0.05) is 23.9 Å². The minimum absolute atomic E-state index is 0.0476. The summed E-state index contributed by atoms with van der Waals surface area (Å²) in [5.41, 5.74) is 0.361. The van der Waals surface area contributed by atoms with E-state index >= 15 is 0 Å². The van der Waals surface area contributed by atoms with Gasteiger partial charge in [0.15, 0.2) is 11.0 Å². The molecule has 2 aromatic carbocycles. The molecule has 0 radical (unpaired) electrons. The van der Waals surface area contributed by atoms with Crippen molar-refractivity contribution in [3.05, 3.63) is 66.0 Å². The summed E-state index contributed by atoms with van der Waals surface area (Å²) < 4.78 is 54.0. The van der Waals surface area contributed by atoms with E-state index in [9.17, 15) is 22.0 Å². The highest BCUT2D eigenvalue weighted by atomic mass is 32.2. The zero-order valence-corrected chi connectivity index (χ0v) is 18.3. The molecule has 12 heteroatoms. The number of nitrogens with one attached hydrogen (secondary N) is 1. The van der Waals surface area contributed by atoms with Crippen LogP contribution >= 0.6 is 11.8 Å². The van der Waals surface area contributed by atoms with Crippen LogP contribution in [0.4, 0.5) is 20.2 Å². The second-order valence-corrected chi connectivity index (χ2v) is 9.37. The maximum Gasteiger partial charge on any atom is 0.234 e. The molecule has 8 nitrogen and oxygen atoms in total. The first kappa shape index (κ1) is 22.7. The van der Waals surface area contributed by atoms with Crippen molar-refractivity contribution in [2.24, 2.45) is 7.05 Å². The molecule has 3 aromatic rings. The van der Waals surface area contributed by atoms with E-state index in [1.165, 1.54) is 42.5 Å². The van der Waals surface area contributed by atoms with Gasteiger partial charge in [-0.2, -0.15) is 0 Å². The molecule has 0 saturated heterocycles. The van der Waals surface area contributed by atoms with Crippen molar-refractivity contribution in [2.45, 2.75) is 11.7 Å². The summed E-state index contributed by atoms with van der Waals surface area (Å²) in [7, 11) is -2.04. The number of carbonyl (C=O) groups is 1. The Kier molecular flexibility index (Phi) is 6.91. The van der Waals surface area contributed by atoms with Crippen molar-refractivity contribution in [3.63, 3.8) is 0 Å². The lowest BCUT2D eigenvalue weighted by Gasteiger charge is -2.21. The van der Waals surface area contributed by atoms with Crippen molar-refractivity contribution in [1.82, 2.24) is 14.8 Å². The second-order valence-electron chi connectivity index (χ2n) is 6.52. The summed E-state index contributed by atoms with van der Waals surface area (Å²) in [6.45, 7) is -0.129. The predicted octanol–water partition coefficient (Wildman–Crippen LogP) is 2.79. The molecular weight excluding hydrogens is 448 g/mol. The van der Waals surface area contributed by atoms with Crippen LogP contribution in [0.2, 0.25) is 0 Å². The molecule has 0 spiro atoms. The van der Waals surface area contributed by atoms with Gasteiger partial charge in [-0.25, -0.2) is 17.2 Å². The molecule has 3 rings (SSSR count). The molecule has 0 aliphatic rings. The Morgan fingerprint density at radius 1 is 1.13 bits per heavy atom. The molecule has 164 valence electrons. The number of sulfonamides is 1. The number of amides is 1. The average Bonchev–Trinajstić information content (AvgIpc) is 3.06. The second kappa shape index (κ2) is 9.43. The molecule has 31 heavy (non-hydrogen) atoms. The first-order valence-electron chi connectivity index (χ1n) is 8.94. The summed E-state index contributed by atoms with van der Waals surface area (Å²) in [6.07, 6.45) is 1.04. The maximum atomic E-state index is 13.6. The van der Waals surface area contributed by atoms with Gasteiger partial charge < -0.3 is 9.88 Å². The van der Waals surface area contributed by atoms with Crippen molar-refractivity contribution >= 4 is 39.1 Å². The number of nitrogens with zero attached hydrogens (tertiary/aromatic N) is 4. The van der Waals surface area contributed by atoms with Gasteiger partial charge in [0.2, 0.25) is 15.9 Å². The van der Waals surface area contributed by atoms with E-state index in [4.69, 9.17) is 0 Å². The third-order valence-corrected chi connectivity index (χ3v) is 6.37. The molecule has 1 aromatic heterocycles. The number of hydrogen-bond donors (Lipinski definition) is 1. The zero-order chi connectivity index (χ0) is 22.6. The Morgan fingerprint density at radius 2 is 1.81 bits per heavy atom. The molecule has 1 N–H and O–H groups in total. The maximum absolute atomic E-state index is 13.6. The fourth-order valence-corrected chi connectivity index (χ4v) is 4.21. The van der Waals surface area contributed by atoms with E-state index in [0.29, 0.717) is 11.0 Å². The van der Waals surface area contributed by atoms with Gasteiger partial charge in [-0.15, -0.1) is 10.2 Å². The molecule has 0 saturated carbocycles. The average molecular weight is 468 g/mol. The fourth-order valence-electron chi connectivity index (χ4n) is 2.62. The molecule has 1 amide bonds. The lowest BCUT2D eigenvalue weighted by molar-refractivity contribution is -0.113. The minimum atomic E-state index is -3.68. The number of halogens is 2. The van der Waals surface area contributed by atoms with E-state index in [-0.39, 0.29) is 23.7 Å². The number of para-hydroxylation sites is 1. The van der Waals surface area contributed by atoms with Gasteiger partial charge in [-0.3, -0.25) is 9.10 Å². The van der Waals surface area contributed by atoms with Crippen LogP contribution in [0.15, 0.2) is 53.7 Å². The van der Waals surface area contributed by atoms with Crippen LogP contribution in [-0.2, 0) is 28.4 Å². The SMILES string of the molecule is Cn1c(CN(c2ccc(F)cc2)S(C)(=O)=O)nnc1SCC(=O)Nc1ccccc1F. The van der Waals surface area contributed by atoms with Gasteiger partial charge in [-0.05, 0) is 36.4 Å². The van der Waals surface area contributed by atoms with Crippen LogP contribution < -0.4 is 9.62 Å². The van der Waals surface area contributed by atoms with Gasteiger partial charge in [0.25, 0.3) is 0 Å². The van der Waals surface area contributed by atoms with E-state index in [0.717, 1.165) is 22.3 Å². The summed E-state index contributed by atoms with van der Waals surface area (Å²) in [6, 6.07) is 10.9. The first-order chi connectivity index (χ1) is 14.6. The number of rotatable bonds is 8. The summed E-state index contributed by atoms with van der Waals surface area (Å²) in [5.74, 6) is -1.17. The number of benzene rings is 2. The standard InChI is InChI=1S/C19H19F2N5O3S2/c1-25-17(11-26(31(2,28)29)14-9-7-13(20)8-10-14)23-24-19(25)30-12-18(27)22-16-6-4-3-5-15(16)21/h3-10H,11-12H2,1-2H3,(H,22,27). The first-order valence-corrected chi connectivity index (χ1v) is 11.8. The number of hydrogen-bond acceptors (Lipinski definition) is 6. The quantitative estimate of drug-likeness (QED) is 0.512. The van der Waals surface area contributed by atoms with Gasteiger partial charge in [0.1, 0.15) is 11.6 Å².